The molecule has 0 unspecified atom stereocenters. The molecule has 1 aliphatic heterocycles. The fraction of sp³-hybridized carbons (Fsp3) is 0.312. The van der Waals surface area contributed by atoms with Crippen LogP contribution in [0.2, 0.25) is 5.02 Å². The zero-order valence-electron chi connectivity index (χ0n) is 11.8. The van der Waals surface area contributed by atoms with Crippen molar-refractivity contribution in [2.45, 2.75) is 12.8 Å². The molecule has 0 N–H and O–H groups in total. The second-order valence-corrected chi connectivity index (χ2v) is 5.46. The molecule has 0 radical (unpaired) electrons. The molecule has 2 aromatic rings. The van der Waals surface area contributed by atoms with E-state index in [-0.39, 0.29) is 5.76 Å². The topological polar surface area (TPSA) is 42.7 Å². The number of benzene rings is 1. The smallest absolute Gasteiger partial charge is 0.376 e. The lowest BCUT2D eigenvalue weighted by Crippen LogP contribution is -2.19. The molecule has 4 nitrogen and oxygen atoms in total. The third kappa shape index (κ3) is 2.76. The van der Waals surface area contributed by atoms with E-state index in [2.05, 4.69) is 4.90 Å². The lowest BCUT2D eigenvalue weighted by atomic mass is 10.2. The third-order valence-electron chi connectivity index (χ3n) is 3.64. The average molecular weight is 306 g/mol. The Morgan fingerprint density at radius 2 is 2.05 bits per heavy atom. The van der Waals surface area contributed by atoms with Crippen LogP contribution in [-0.4, -0.2) is 26.2 Å². The number of hydrogen-bond donors (Lipinski definition) is 0. The Balaban J connectivity index is 2.04. The maximum Gasteiger partial charge on any atom is 0.376 e. The van der Waals surface area contributed by atoms with Crippen LogP contribution >= 0.6 is 11.6 Å². The van der Waals surface area contributed by atoms with Crippen LogP contribution in [-0.2, 0) is 4.74 Å². The van der Waals surface area contributed by atoms with Gasteiger partial charge in [-0.25, -0.2) is 4.79 Å². The molecule has 1 saturated heterocycles. The van der Waals surface area contributed by atoms with E-state index in [1.165, 1.54) is 7.11 Å². The van der Waals surface area contributed by atoms with Crippen LogP contribution in [0.5, 0.6) is 0 Å². The van der Waals surface area contributed by atoms with Crippen molar-refractivity contribution in [1.29, 1.82) is 0 Å². The van der Waals surface area contributed by atoms with Crippen molar-refractivity contribution >= 4 is 23.3 Å². The fourth-order valence-corrected chi connectivity index (χ4v) is 2.79. The maximum atomic E-state index is 11.9. The summed E-state index contributed by atoms with van der Waals surface area (Å²) >= 11 is 6.01. The van der Waals surface area contributed by atoms with Crippen molar-refractivity contribution in [2.75, 3.05) is 25.1 Å². The van der Waals surface area contributed by atoms with Gasteiger partial charge in [0, 0.05) is 29.7 Å². The van der Waals surface area contributed by atoms with Crippen LogP contribution in [0.3, 0.4) is 0 Å². The SMILES string of the molecule is COC(=O)c1oc(-c2cccc(Cl)c2)cc1N1CCCC1. The zero-order valence-corrected chi connectivity index (χ0v) is 12.5. The van der Waals surface area contributed by atoms with E-state index in [0.29, 0.717) is 10.8 Å². The number of hydrogen-bond acceptors (Lipinski definition) is 4. The van der Waals surface area contributed by atoms with Gasteiger partial charge in [-0.05, 0) is 25.0 Å². The van der Waals surface area contributed by atoms with Gasteiger partial charge in [0.15, 0.2) is 0 Å². The van der Waals surface area contributed by atoms with Crippen LogP contribution in [0.25, 0.3) is 11.3 Å². The first-order chi connectivity index (χ1) is 10.2. The van der Waals surface area contributed by atoms with E-state index in [1.54, 1.807) is 6.07 Å². The number of anilines is 1. The number of carbonyl (C=O) groups excluding carboxylic acids is 1. The first-order valence-electron chi connectivity index (χ1n) is 6.92. The molecule has 0 saturated carbocycles. The number of furan rings is 1. The molecular weight excluding hydrogens is 290 g/mol. The van der Waals surface area contributed by atoms with Crippen molar-refractivity contribution < 1.29 is 13.9 Å². The number of nitrogens with zero attached hydrogens (tertiary/aromatic N) is 1. The second-order valence-electron chi connectivity index (χ2n) is 5.02. The molecule has 1 aliphatic rings. The summed E-state index contributed by atoms with van der Waals surface area (Å²) in [6.45, 7) is 1.86. The van der Waals surface area contributed by atoms with Crippen molar-refractivity contribution in [3.05, 3.63) is 41.1 Å². The third-order valence-corrected chi connectivity index (χ3v) is 3.87. The molecule has 0 bridgehead atoms. The molecule has 5 heteroatoms. The highest BCUT2D eigenvalue weighted by Crippen LogP contribution is 2.34. The molecular formula is C16H16ClNO3. The normalized spacial score (nSPS) is 14.5. The number of carbonyl (C=O) groups is 1. The number of halogens is 1. The Hall–Kier alpha value is -1.94. The molecule has 0 spiro atoms. The number of methoxy groups -OCH3 is 1. The molecule has 0 atom stereocenters. The van der Waals surface area contributed by atoms with Gasteiger partial charge < -0.3 is 14.1 Å². The summed E-state index contributed by atoms with van der Waals surface area (Å²) in [5, 5.41) is 0.631. The number of ether oxygens (including phenoxy) is 1. The summed E-state index contributed by atoms with van der Waals surface area (Å²) in [4.78, 5) is 14.1. The largest absolute Gasteiger partial charge is 0.463 e. The minimum Gasteiger partial charge on any atom is -0.463 e. The van der Waals surface area contributed by atoms with Crippen molar-refractivity contribution in [3.8, 4) is 11.3 Å². The van der Waals surface area contributed by atoms with Gasteiger partial charge in [-0.15, -0.1) is 0 Å². The van der Waals surface area contributed by atoms with Gasteiger partial charge in [0.2, 0.25) is 5.76 Å². The van der Waals surface area contributed by atoms with Crippen LogP contribution < -0.4 is 4.90 Å². The molecule has 1 aromatic carbocycles. The Morgan fingerprint density at radius 3 is 2.71 bits per heavy atom. The Kier molecular flexibility index (Phi) is 3.88. The second kappa shape index (κ2) is 5.82. The molecule has 2 heterocycles. The molecule has 1 aromatic heterocycles. The van der Waals surface area contributed by atoms with Gasteiger partial charge in [-0.2, -0.15) is 0 Å². The van der Waals surface area contributed by atoms with E-state index in [9.17, 15) is 4.79 Å². The van der Waals surface area contributed by atoms with Crippen molar-refractivity contribution in [3.63, 3.8) is 0 Å². The van der Waals surface area contributed by atoms with Crippen LogP contribution in [0.15, 0.2) is 34.7 Å². The minimum absolute atomic E-state index is 0.259. The summed E-state index contributed by atoms with van der Waals surface area (Å²) in [6.07, 6.45) is 2.25. The molecule has 0 aliphatic carbocycles. The summed E-state index contributed by atoms with van der Waals surface area (Å²) < 4.78 is 10.6. The molecule has 110 valence electrons. The predicted molar refractivity (Wildman–Crippen MR) is 81.9 cm³/mol. The summed E-state index contributed by atoms with van der Waals surface area (Å²) in [5.74, 6) is 0.430. The molecule has 3 rings (SSSR count). The highest BCUT2D eigenvalue weighted by Gasteiger charge is 2.25. The first-order valence-corrected chi connectivity index (χ1v) is 7.30. The average Bonchev–Trinajstić information content (AvgIpc) is 3.15. The van der Waals surface area contributed by atoms with Crippen LogP contribution in [0.1, 0.15) is 23.4 Å². The maximum absolute atomic E-state index is 11.9. The summed E-state index contributed by atoms with van der Waals surface area (Å²) in [5.41, 5.74) is 1.65. The van der Waals surface area contributed by atoms with E-state index in [1.807, 2.05) is 24.3 Å². The van der Waals surface area contributed by atoms with Gasteiger partial charge in [0.25, 0.3) is 0 Å². The van der Waals surface area contributed by atoms with Crippen LogP contribution in [0, 0.1) is 0 Å². The molecule has 21 heavy (non-hydrogen) atoms. The van der Waals surface area contributed by atoms with Gasteiger partial charge in [0.1, 0.15) is 5.76 Å². The van der Waals surface area contributed by atoms with E-state index < -0.39 is 5.97 Å². The van der Waals surface area contributed by atoms with Gasteiger partial charge >= 0.3 is 5.97 Å². The Morgan fingerprint density at radius 1 is 1.29 bits per heavy atom. The zero-order chi connectivity index (χ0) is 14.8. The van der Waals surface area contributed by atoms with Crippen molar-refractivity contribution in [1.82, 2.24) is 0 Å². The van der Waals surface area contributed by atoms with Crippen molar-refractivity contribution in [2.24, 2.45) is 0 Å². The van der Waals surface area contributed by atoms with E-state index in [4.69, 9.17) is 20.8 Å². The monoisotopic (exact) mass is 305 g/mol. The molecule has 1 fully saturated rings. The Bertz CT molecular complexity index is 659. The highest BCUT2D eigenvalue weighted by molar-refractivity contribution is 6.30. The van der Waals surface area contributed by atoms with E-state index in [0.717, 1.165) is 37.2 Å². The quantitative estimate of drug-likeness (QED) is 0.804. The fourth-order valence-electron chi connectivity index (χ4n) is 2.60. The first kappa shape index (κ1) is 14.0. The lowest BCUT2D eigenvalue weighted by molar-refractivity contribution is 0.0567. The standard InChI is InChI=1S/C16H16ClNO3/c1-20-16(19)15-13(18-7-2-3-8-18)10-14(21-15)11-5-4-6-12(17)9-11/h4-6,9-10H,2-3,7-8H2,1H3. The van der Waals surface area contributed by atoms with Gasteiger partial charge in [-0.3, -0.25) is 0 Å². The summed E-state index contributed by atoms with van der Waals surface area (Å²) in [6, 6.07) is 9.27. The van der Waals surface area contributed by atoms with Crippen LogP contribution in [0.4, 0.5) is 5.69 Å². The molecule has 0 amide bonds. The predicted octanol–water partition coefficient (Wildman–Crippen LogP) is 3.99. The number of rotatable bonds is 3. The highest BCUT2D eigenvalue weighted by atomic mass is 35.5. The van der Waals surface area contributed by atoms with E-state index >= 15 is 0 Å². The van der Waals surface area contributed by atoms with Gasteiger partial charge in [-0.1, -0.05) is 23.7 Å². The lowest BCUT2D eigenvalue weighted by Gasteiger charge is -2.15. The Labute approximate surface area is 128 Å². The van der Waals surface area contributed by atoms with Gasteiger partial charge in [0.05, 0.1) is 12.8 Å². The summed E-state index contributed by atoms with van der Waals surface area (Å²) in [7, 11) is 1.36. The number of esters is 1. The minimum atomic E-state index is -0.454.